The quantitative estimate of drug-likeness (QED) is 0.444. The summed E-state index contributed by atoms with van der Waals surface area (Å²) in [6.45, 7) is 0. The summed E-state index contributed by atoms with van der Waals surface area (Å²) < 4.78 is 9.17. The van der Waals surface area contributed by atoms with E-state index in [1.807, 2.05) is 0 Å². The van der Waals surface area contributed by atoms with Gasteiger partial charge in [0.1, 0.15) is 0 Å². The van der Waals surface area contributed by atoms with Crippen molar-refractivity contribution in [2.75, 3.05) is 0 Å². The molecular formula is CH2OP2. The zero-order valence-electron chi connectivity index (χ0n) is 1.93. The Morgan fingerprint density at radius 2 is 2.25 bits per heavy atom. The average molecular weight is 92.0 g/mol. The SMILES string of the molecule is O=PC=P. The predicted molar refractivity (Wildman–Crippen MR) is 22.0 cm³/mol. The second-order valence-electron chi connectivity index (χ2n) is 0.235. The third-order valence-electron chi connectivity index (χ3n) is 0.0527. The lowest BCUT2D eigenvalue weighted by Gasteiger charge is -1.33. The summed E-state index contributed by atoms with van der Waals surface area (Å²) in [5, 5.41) is 0. The molecule has 0 spiro atoms. The molecule has 0 aliphatic carbocycles. The Balaban J connectivity index is 2.73. The Labute approximate surface area is 28.4 Å². The van der Waals surface area contributed by atoms with E-state index in [1.165, 1.54) is 5.54 Å². The van der Waals surface area contributed by atoms with Gasteiger partial charge in [-0.1, -0.05) is 0 Å². The maximum Gasteiger partial charge on any atom is 0.188 e. The van der Waals surface area contributed by atoms with E-state index in [9.17, 15) is 0 Å². The first-order chi connectivity index (χ1) is 1.91. The first kappa shape index (κ1) is 4.27. The van der Waals surface area contributed by atoms with Crippen molar-refractivity contribution in [3.8, 4) is 0 Å². The highest BCUT2D eigenvalue weighted by molar-refractivity contribution is 7.56. The van der Waals surface area contributed by atoms with Gasteiger partial charge in [0.15, 0.2) is 8.46 Å². The highest BCUT2D eigenvalue weighted by atomic mass is 31.1. The third-order valence-corrected chi connectivity index (χ3v) is 0.474. The molecule has 22 valence electrons. The molecule has 0 bridgehead atoms. The summed E-state index contributed by atoms with van der Waals surface area (Å²) in [5.74, 6) is 0. The Kier molecular flexibility index (Phi) is 3.49. The van der Waals surface area contributed by atoms with Crippen LogP contribution in [0, 0.1) is 0 Å². The van der Waals surface area contributed by atoms with Crippen molar-refractivity contribution in [1.29, 1.82) is 0 Å². The molecule has 0 aromatic carbocycles. The first-order valence-corrected chi connectivity index (χ1v) is 2.19. The molecule has 0 rings (SSSR count). The molecule has 0 aliphatic rings. The van der Waals surface area contributed by atoms with E-state index in [1.54, 1.807) is 0 Å². The lowest BCUT2D eigenvalue weighted by Crippen LogP contribution is -1.17. The highest BCUT2D eigenvalue weighted by Crippen LogP contribution is 1.78. The third kappa shape index (κ3) is 2.27. The summed E-state index contributed by atoms with van der Waals surface area (Å²) in [5.41, 5.74) is 1.35. The van der Waals surface area contributed by atoms with Crippen molar-refractivity contribution in [2.24, 2.45) is 0 Å². The molecule has 0 amide bonds. The lowest BCUT2D eigenvalue weighted by atomic mass is 11.9. The van der Waals surface area contributed by atoms with Crippen LogP contribution in [0.4, 0.5) is 0 Å². The van der Waals surface area contributed by atoms with Crippen LogP contribution in [0.25, 0.3) is 0 Å². The molecular weight excluding hydrogens is 90.0 g/mol. The monoisotopic (exact) mass is 92.0 g/mol. The van der Waals surface area contributed by atoms with Crippen molar-refractivity contribution in [2.45, 2.75) is 0 Å². The van der Waals surface area contributed by atoms with E-state index in [2.05, 4.69) is 8.86 Å². The van der Waals surface area contributed by atoms with E-state index < -0.39 is 0 Å². The first-order valence-electron chi connectivity index (χ1n) is 0.729. The molecule has 0 fully saturated rings. The van der Waals surface area contributed by atoms with E-state index >= 15 is 0 Å². The molecule has 0 aliphatic heterocycles. The predicted octanol–water partition coefficient (Wildman–Crippen LogP) is 1.18. The van der Waals surface area contributed by atoms with Gasteiger partial charge in [-0.3, -0.25) is 4.57 Å². The molecule has 0 aromatic rings. The zero-order chi connectivity index (χ0) is 3.41. The number of hydrogen-bond donors (Lipinski definition) is 0. The van der Waals surface area contributed by atoms with Crippen LogP contribution in [0.15, 0.2) is 0 Å². The van der Waals surface area contributed by atoms with Gasteiger partial charge in [-0.15, -0.1) is 8.86 Å². The maximum absolute atomic E-state index is 9.17. The van der Waals surface area contributed by atoms with Crippen molar-refractivity contribution in [3.63, 3.8) is 0 Å². The smallest absolute Gasteiger partial charge is 0.188 e. The summed E-state index contributed by atoms with van der Waals surface area (Å²) >= 11 is 0. The minimum absolute atomic E-state index is 0.0370. The van der Waals surface area contributed by atoms with E-state index in [0.717, 1.165) is 0 Å². The van der Waals surface area contributed by atoms with Gasteiger partial charge in [-0.25, -0.2) is 0 Å². The van der Waals surface area contributed by atoms with Crippen LogP contribution in [-0.4, -0.2) is 5.54 Å². The van der Waals surface area contributed by atoms with E-state index in [0.29, 0.717) is 0 Å². The molecule has 0 saturated heterocycles. The van der Waals surface area contributed by atoms with Gasteiger partial charge in [-0.05, 0) is 0 Å². The molecule has 0 atom stereocenters. The standard InChI is InChI=1S/CH2OP2/c2-4-1-3/h1,3H. The molecule has 1 nitrogen and oxygen atoms in total. The van der Waals surface area contributed by atoms with Crippen molar-refractivity contribution in [1.82, 2.24) is 0 Å². The van der Waals surface area contributed by atoms with E-state index in [-0.39, 0.29) is 8.46 Å². The summed E-state index contributed by atoms with van der Waals surface area (Å²) in [6.07, 6.45) is 0. The summed E-state index contributed by atoms with van der Waals surface area (Å²) in [4.78, 5) is 0. The second-order valence-corrected chi connectivity index (χ2v) is 1.48. The van der Waals surface area contributed by atoms with Gasteiger partial charge in [0, 0.05) is 5.54 Å². The topological polar surface area (TPSA) is 17.1 Å². The fraction of sp³-hybridized carbons (Fsp3) is 0. The Hall–Kier alpha value is 0.270. The molecule has 0 heterocycles. The van der Waals surface area contributed by atoms with Crippen LogP contribution in [-0.2, 0) is 4.57 Å². The minimum atomic E-state index is 0.0370. The van der Waals surface area contributed by atoms with Crippen LogP contribution < -0.4 is 0 Å². The van der Waals surface area contributed by atoms with Gasteiger partial charge in [0.2, 0.25) is 0 Å². The molecule has 4 heavy (non-hydrogen) atoms. The molecule has 0 radical (unpaired) electrons. The fourth-order valence-electron chi connectivity index (χ4n) is 0. The Morgan fingerprint density at radius 3 is 2.25 bits per heavy atom. The minimum Gasteiger partial charge on any atom is -0.270 e. The van der Waals surface area contributed by atoms with Gasteiger partial charge < -0.3 is 0 Å². The normalized spacial score (nSPS) is 7.00. The number of hydrogen-bond acceptors (Lipinski definition) is 1. The highest BCUT2D eigenvalue weighted by Gasteiger charge is 1.42. The zero-order valence-corrected chi connectivity index (χ0v) is 3.83. The summed E-state index contributed by atoms with van der Waals surface area (Å²) in [7, 11) is 2.88. The molecule has 0 saturated carbocycles. The molecule has 0 unspecified atom stereocenters. The Bertz CT molecular complexity index is 27.0. The van der Waals surface area contributed by atoms with Crippen molar-refractivity contribution >= 4 is 22.9 Å². The van der Waals surface area contributed by atoms with Gasteiger partial charge in [-0.2, -0.15) is 0 Å². The van der Waals surface area contributed by atoms with Crippen LogP contribution in [0.5, 0.6) is 0 Å². The largest absolute Gasteiger partial charge is 0.270 e. The van der Waals surface area contributed by atoms with Crippen LogP contribution in [0.1, 0.15) is 0 Å². The second kappa shape index (κ2) is 3.27. The molecule has 0 N–H and O–H groups in total. The van der Waals surface area contributed by atoms with Gasteiger partial charge >= 0.3 is 0 Å². The van der Waals surface area contributed by atoms with Gasteiger partial charge in [0.25, 0.3) is 0 Å². The maximum atomic E-state index is 9.17. The van der Waals surface area contributed by atoms with Crippen LogP contribution in [0.2, 0.25) is 0 Å². The van der Waals surface area contributed by atoms with Crippen LogP contribution >= 0.6 is 17.3 Å². The van der Waals surface area contributed by atoms with Crippen LogP contribution in [0.3, 0.4) is 0 Å². The molecule has 3 heteroatoms. The van der Waals surface area contributed by atoms with Crippen molar-refractivity contribution in [3.05, 3.63) is 0 Å². The average Bonchev–Trinajstić information content (AvgIpc) is 1.37. The lowest BCUT2D eigenvalue weighted by molar-refractivity contribution is 0.604. The Morgan fingerprint density at radius 1 is 2.00 bits per heavy atom. The van der Waals surface area contributed by atoms with Crippen molar-refractivity contribution < 1.29 is 4.57 Å². The van der Waals surface area contributed by atoms with Gasteiger partial charge in [0.05, 0.1) is 0 Å². The van der Waals surface area contributed by atoms with E-state index in [4.69, 9.17) is 4.57 Å². The fourth-order valence-corrected chi connectivity index (χ4v) is 0. The molecule has 0 aromatic heterocycles. The number of rotatable bonds is 1. The summed E-state index contributed by atoms with van der Waals surface area (Å²) in [6, 6.07) is 0.